The molecule has 0 spiro atoms. The van der Waals surface area contributed by atoms with Gasteiger partial charge in [-0.1, -0.05) is 42.5 Å². The van der Waals surface area contributed by atoms with Crippen molar-refractivity contribution in [2.75, 3.05) is 0 Å². The first-order chi connectivity index (χ1) is 12.7. The first-order valence-electron chi connectivity index (χ1n) is 8.18. The number of nitrogens with zero attached hydrogens (tertiary/aromatic N) is 3. The van der Waals surface area contributed by atoms with Crippen LogP contribution in [0.4, 0.5) is 0 Å². The molecule has 0 radical (unpaired) electrons. The Balaban J connectivity index is 1.91. The molecule has 0 atom stereocenters. The molecule has 5 nitrogen and oxygen atoms in total. The minimum Gasteiger partial charge on any atom is -0.508 e. The van der Waals surface area contributed by atoms with Crippen molar-refractivity contribution in [2.45, 2.75) is 13.0 Å². The van der Waals surface area contributed by atoms with Crippen LogP contribution in [0.25, 0.3) is 17.3 Å². The zero-order valence-electron chi connectivity index (χ0n) is 14.0. The van der Waals surface area contributed by atoms with E-state index < -0.39 is 0 Å². The Morgan fingerprint density at radius 1 is 1.19 bits per heavy atom. The van der Waals surface area contributed by atoms with Crippen LogP contribution >= 0.6 is 0 Å². The van der Waals surface area contributed by atoms with Crippen molar-refractivity contribution in [1.29, 1.82) is 5.26 Å². The van der Waals surface area contributed by atoms with Gasteiger partial charge in [-0.05, 0) is 24.3 Å². The van der Waals surface area contributed by atoms with Gasteiger partial charge >= 0.3 is 0 Å². The summed E-state index contributed by atoms with van der Waals surface area (Å²) in [5, 5.41) is 22.8. The third-order valence-electron chi connectivity index (χ3n) is 3.83. The second-order valence-corrected chi connectivity index (χ2v) is 5.72. The third kappa shape index (κ3) is 4.05. The predicted octanol–water partition coefficient (Wildman–Crippen LogP) is 4.07. The molecule has 2 aromatic carbocycles. The van der Waals surface area contributed by atoms with E-state index in [1.807, 2.05) is 36.5 Å². The van der Waals surface area contributed by atoms with Gasteiger partial charge in [0.25, 0.3) is 0 Å². The Kier molecular flexibility index (Phi) is 5.25. The molecule has 0 fully saturated rings. The van der Waals surface area contributed by atoms with Crippen LogP contribution in [0.2, 0.25) is 0 Å². The van der Waals surface area contributed by atoms with Gasteiger partial charge in [0.1, 0.15) is 5.75 Å². The molecule has 128 valence electrons. The van der Waals surface area contributed by atoms with Crippen LogP contribution in [0.15, 0.2) is 66.9 Å². The lowest BCUT2D eigenvalue weighted by Crippen LogP contribution is -1.97. The van der Waals surface area contributed by atoms with E-state index in [9.17, 15) is 9.90 Å². The van der Waals surface area contributed by atoms with E-state index in [0.717, 1.165) is 16.8 Å². The number of ketones is 1. The number of rotatable bonds is 6. The van der Waals surface area contributed by atoms with Gasteiger partial charge in [-0.25, -0.2) is 0 Å². The SMILES string of the molecule is N#CCCn1cc(/C=C/C(=O)c2cccc(O)c2)c(-c2ccccc2)n1. The summed E-state index contributed by atoms with van der Waals surface area (Å²) in [6, 6.07) is 18.0. The summed E-state index contributed by atoms with van der Waals surface area (Å²) in [6.45, 7) is 0.491. The zero-order valence-corrected chi connectivity index (χ0v) is 14.0. The van der Waals surface area contributed by atoms with Crippen molar-refractivity contribution < 1.29 is 9.90 Å². The van der Waals surface area contributed by atoms with Gasteiger partial charge in [0.15, 0.2) is 5.78 Å². The van der Waals surface area contributed by atoms with E-state index in [2.05, 4.69) is 11.2 Å². The van der Waals surface area contributed by atoms with Gasteiger partial charge in [0.2, 0.25) is 0 Å². The topological polar surface area (TPSA) is 78.9 Å². The van der Waals surface area contributed by atoms with Crippen molar-refractivity contribution in [2.24, 2.45) is 0 Å². The highest BCUT2D eigenvalue weighted by molar-refractivity contribution is 6.07. The second-order valence-electron chi connectivity index (χ2n) is 5.72. The van der Waals surface area contributed by atoms with E-state index >= 15 is 0 Å². The lowest BCUT2D eigenvalue weighted by Gasteiger charge is -1.99. The van der Waals surface area contributed by atoms with E-state index in [1.165, 1.54) is 18.2 Å². The monoisotopic (exact) mass is 343 g/mol. The first-order valence-corrected chi connectivity index (χ1v) is 8.18. The molecule has 0 aliphatic heterocycles. The molecule has 0 unspecified atom stereocenters. The zero-order chi connectivity index (χ0) is 18.4. The van der Waals surface area contributed by atoms with Crippen molar-refractivity contribution >= 4 is 11.9 Å². The molecule has 0 saturated carbocycles. The Hall–Kier alpha value is -3.65. The highest BCUT2D eigenvalue weighted by atomic mass is 16.3. The molecular formula is C21H17N3O2. The van der Waals surface area contributed by atoms with Crippen LogP contribution in [0.3, 0.4) is 0 Å². The summed E-state index contributed by atoms with van der Waals surface area (Å²) in [7, 11) is 0. The number of aromatic hydroxyl groups is 1. The third-order valence-corrected chi connectivity index (χ3v) is 3.83. The number of aromatic nitrogens is 2. The Morgan fingerprint density at radius 3 is 2.73 bits per heavy atom. The summed E-state index contributed by atoms with van der Waals surface area (Å²) in [6.07, 6.45) is 5.37. The van der Waals surface area contributed by atoms with E-state index in [0.29, 0.717) is 18.5 Å². The van der Waals surface area contributed by atoms with Gasteiger partial charge in [-0.15, -0.1) is 0 Å². The number of aryl methyl sites for hydroxylation is 1. The predicted molar refractivity (Wildman–Crippen MR) is 99.4 cm³/mol. The number of hydrogen-bond donors (Lipinski definition) is 1. The smallest absolute Gasteiger partial charge is 0.185 e. The summed E-state index contributed by atoms with van der Waals surface area (Å²) in [4.78, 5) is 12.3. The molecular weight excluding hydrogens is 326 g/mol. The number of nitriles is 1. The minimum atomic E-state index is -0.204. The van der Waals surface area contributed by atoms with Crippen LogP contribution in [0.1, 0.15) is 22.3 Å². The van der Waals surface area contributed by atoms with Crippen LogP contribution < -0.4 is 0 Å². The number of carbonyl (C=O) groups is 1. The molecule has 26 heavy (non-hydrogen) atoms. The maximum Gasteiger partial charge on any atom is 0.185 e. The molecule has 1 aromatic heterocycles. The average molecular weight is 343 g/mol. The van der Waals surface area contributed by atoms with E-state index in [-0.39, 0.29) is 11.5 Å². The molecule has 1 N–H and O–H groups in total. The summed E-state index contributed by atoms with van der Waals surface area (Å²) in [5.74, 6) is -0.150. The Labute approximate surface area is 151 Å². The minimum absolute atomic E-state index is 0.0542. The maximum atomic E-state index is 12.3. The number of phenols is 1. The molecule has 1 heterocycles. The summed E-state index contributed by atoms with van der Waals surface area (Å²) < 4.78 is 1.71. The highest BCUT2D eigenvalue weighted by Crippen LogP contribution is 2.23. The van der Waals surface area contributed by atoms with Gasteiger partial charge in [-0.2, -0.15) is 10.4 Å². The van der Waals surface area contributed by atoms with Crippen LogP contribution in [-0.4, -0.2) is 20.7 Å². The van der Waals surface area contributed by atoms with E-state index in [4.69, 9.17) is 5.26 Å². The molecule has 0 amide bonds. The van der Waals surface area contributed by atoms with Crippen molar-refractivity contribution in [1.82, 2.24) is 9.78 Å². The number of hydrogen-bond acceptors (Lipinski definition) is 4. The summed E-state index contributed by atoms with van der Waals surface area (Å²) >= 11 is 0. The molecule has 0 saturated heterocycles. The fraction of sp³-hybridized carbons (Fsp3) is 0.0952. The van der Waals surface area contributed by atoms with Crippen LogP contribution in [0, 0.1) is 11.3 Å². The van der Waals surface area contributed by atoms with Crippen molar-refractivity contribution in [3.8, 4) is 23.1 Å². The molecule has 0 aliphatic rings. The normalized spacial score (nSPS) is 10.7. The quantitative estimate of drug-likeness (QED) is 0.540. The van der Waals surface area contributed by atoms with Gasteiger partial charge in [0.05, 0.1) is 24.7 Å². The lowest BCUT2D eigenvalue weighted by molar-refractivity contribution is 0.104. The maximum absolute atomic E-state index is 12.3. The lowest BCUT2D eigenvalue weighted by atomic mass is 10.1. The molecule has 3 rings (SSSR count). The fourth-order valence-corrected chi connectivity index (χ4v) is 2.58. The molecule has 3 aromatic rings. The Morgan fingerprint density at radius 2 is 2.00 bits per heavy atom. The number of allylic oxidation sites excluding steroid dienone is 1. The summed E-state index contributed by atoms with van der Waals surface area (Å²) in [5.41, 5.74) is 2.90. The number of carbonyl (C=O) groups excluding carboxylic acids is 1. The molecule has 5 heteroatoms. The van der Waals surface area contributed by atoms with Crippen molar-refractivity contribution in [3.05, 3.63) is 78.0 Å². The fourth-order valence-electron chi connectivity index (χ4n) is 2.58. The van der Waals surface area contributed by atoms with Crippen LogP contribution in [0.5, 0.6) is 5.75 Å². The van der Waals surface area contributed by atoms with Crippen LogP contribution in [-0.2, 0) is 6.54 Å². The standard InChI is InChI=1S/C21H17N3O2/c22-12-5-13-24-15-18(21(23-24)16-6-2-1-3-7-16)10-11-20(26)17-8-4-9-19(25)14-17/h1-4,6-11,14-15,25H,5,13H2/b11-10+. The first kappa shape index (κ1) is 17.2. The van der Waals surface area contributed by atoms with Gasteiger partial charge in [0, 0.05) is 22.9 Å². The number of benzene rings is 2. The average Bonchev–Trinajstić information content (AvgIpc) is 3.08. The van der Waals surface area contributed by atoms with Gasteiger partial charge in [-0.3, -0.25) is 9.48 Å². The number of phenolic OH excluding ortho intramolecular Hbond substituents is 1. The molecule has 0 bridgehead atoms. The highest BCUT2D eigenvalue weighted by Gasteiger charge is 2.10. The second kappa shape index (κ2) is 7.95. The largest absolute Gasteiger partial charge is 0.508 e. The van der Waals surface area contributed by atoms with Crippen molar-refractivity contribution in [3.63, 3.8) is 0 Å². The molecule has 0 aliphatic carbocycles. The Bertz CT molecular complexity index is 982. The van der Waals surface area contributed by atoms with Gasteiger partial charge < -0.3 is 5.11 Å². The van der Waals surface area contributed by atoms with E-state index in [1.54, 1.807) is 22.9 Å².